The molecule has 3 rings (SSSR count). The third-order valence-corrected chi connectivity index (χ3v) is 4.88. The smallest absolute Gasteiger partial charge is 0.255 e. The van der Waals surface area contributed by atoms with Gasteiger partial charge in [-0.1, -0.05) is 61.3 Å². The maximum Gasteiger partial charge on any atom is 0.255 e. The van der Waals surface area contributed by atoms with Crippen molar-refractivity contribution in [3.8, 4) is 5.75 Å². The van der Waals surface area contributed by atoms with E-state index < -0.39 is 0 Å². The zero-order valence-corrected chi connectivity index (χ0v) is 17.2. The van der Waals surface area contributed by atoms with Crippen molar-refractivity contribution in [2.45, 2.75) is 26.4 Å². The van der Waals surface area contributed by atoms with Gasteiger partial charge in [0.2, 0.25) is 0 Å². The van der Waals surface area contributed by atoms with Crippen molar-refractivity contribution in [3.63, 3.8) is 0 Å². The number of carbonyl (C=O) groups is 1. The van der Waals surface area contributed by atoms with Crippen LogP contribution in [0.4, 0.5) is 5.69 Å². The number of halogens is 2. The molecule has 144 valence electrons. The standard InChI is InChI=1S/C23H21Cl2NO2/c1-15(2)17-6-9-20(10-7-17)28-14-16-4-3-5-18(12-16)23(27)26-22-13-19(24)8-11-21(22)25/h3-13,15H,14H2,1-2H3,(H,26,27). The summed E-state index contributed by atoms with van der Waals surface area (Å²) >= 11 is 12.1. The molecule has 0 aliphatic carbocycles. The number of hydrogen-bond donors (Lipinski definition) is 1. The molecule has 0 saturated carbocycles. The third-order valence-electron chi connectivity index (χ3n) is 4.32. The number of nitrogens with one attached hydrogen (secondary N) is 1. The van der Waals surface area contributed by atoms with Crippen LogP contribution in [0.3, 0.4) is 0 Å². The van der Waals surface area contributed by atoms with E-state index >= 15 is 0 Å². The predicted octanol–water partition coefficient (Wildman–Crippen LogP) is 6.95. The lowest BCUT2D eigenvalue weighted by Gasteiger charge is -2.11. The van der Waals surface area contributed by atoms with E-state index in [9.17, 15) is 4.79 Å². The van der Waals surface area contributed by atoms with Gasteiger partial charge < -0.3 is 10.1 Å². The Morgan fingerprint density at radius 3 is 2.46 bits per heavy atom. The highest BCUT2D eigenvalue weighted by molar-refractivity contribution is 6.35. The van der Waals surface area contributed by atoms with E-state index in [0.29, 0.717) is 33.8 Å². The second-order valence-corrected chi connectivity index (χ2v) is 7.63. The average Bonchev–Trinajstić information content (AvgIpc) is 2.69. The van der Waals surface area contributed by atoms with Crippen molar-refractivity contribution >= 4 is 34.8 Å². The van der Waals surface area contributed by atoms with Gasteiger partial charge in [0.15, 0.2) is 0 Å². The van der Waals surface area contributed by atoms with Crippen LogP contribution < -0.4 is 10.1 Å². The molecule has 28 heavy (non-hydrogen) atoms. The van der Waals surface area contributed by atoms with Gasteiger partial charge in [0.05, 0.1) is 10.7 Å². The number of benzene rings is 3. The highest BCUT2D eigenvalue weighted by Crippen LogP contribution is 2.26. The summed E-state index contributed by atoms with van der Waals surface area (Å²) in [6, 6.07) is 20.3. The summed E-state index contributed by atoms with van der Waals surface area (Å²) in [7, 11) is 0. The van der Waals surface area contributed by atoms with Crippen LogP contribution in [0.25, 0.3) is 0 Å². The van der Waals surface area contributed by atoms with Gasteiger partial charge in [-0.3, -0.25) is 4.79 Å². The molecule has 0 aliphatic rings. The summed E-state index contributed by atoms with van der Waals surface area (Å²) in [5, 5.41) is 3.73. The predicted molar refractivity (Wildman–Crippen MR) is 116 cm³/mol. The summed E-state index contributed by atoms with van der Waals surface area (Å²) in [6.07, 6.45) is 0. The van der Waals surface area contributed by atoms with Gasteiger partial charge in [0.1, 0.15) is 12.4 Å². The fraction of sp³-hybridized carbons (Fsp3) is 0.174. The number of ether oxygens (including phenoxy) is 1. The largest absolute Gasteiger partial charge is 0.489 e. The number of rotatable bonds is 6. The van der Waals surface area contributed by atoms with Crippen molar-refractivity contribution in [2.75, 3.05) is 5.32 Å². The van der Waals surface area contributed by atoms with Crippen LogP contribution in [-0.4, -0.2) is 5.91 Å². The third kappa shape index (κ3) is 5.28. The molecule has 1 N–H and O–H groups in total. The monoisotopic (exact) mass is 413 g/mol. The summed E-state index contributed by atoms with van der Waals surface area (Å²) < 4.78 is 5.84. The summed E-state index contributed by atoms with van der Waals surface area (Å²) in [5.41, 5.74) is 3.17. The molecule has 5 heteroatoms. The van der Waals surface area contributed by atoms with Gasteiger partial charge in [0.25, 0.3) is 5.91 Å². The molecule has 0 spiro atoms. The van der Waals surface area contributed by atoms with Gasteiger partial charge in [0, 0.05) is 10.6 Å². The molecule has 0 fully saturated rings. The van der Waals surface area contributed by atoms with Crippen LogP contribution in [-0.2, 0) is 6.61 Å². The van der Waals surface area contributed by atoms with E-state index in [-0.39, 0.29) is 5.91 Å². The molecule has 0 saturated heterocycles. The molecule has 0 bridgehead atoms. The molecule has 0 aromatic heterocycles. The Balaban J connectivity index is 1.66. The fourth-order valence-corrected chi connectivity index (χ4v) is 3.04. The Kier molecular flexibility index (Phi) is 6.61. The van der Waals surface area contributed by atoms with Gasteiger partial charge >= 0.3 is 0 Å². The zero-order chi connectivity index (χ0) is 20.1. The molecule has 3 aromatic carbocycles. The lowest BCUT2D eigenvalue weighted by atomic mass is 10.0. The van der Waals surface area contributed by atoms with E-state index in [1.165, 1.54) is 5.56 Å². The number of carbonyl (C=O) groups excluding carboxylic acids is 1. The number of hydrogen-bond acceptors (Lipinski definition) is 2. The molecule has 1 amide bonds. The van der Waals surface area contributed by atoms with Crippen molar-refractivity contribution in [3.05, 3.63) is 93.5 Å². The van der Waals surface area contributed by atoms with Crippen LogP contribution in [0, 0.1) is 0 Å². The van der Waals surface area contributed by atoms with E-state index in [1.807, 2.05) is 24.3 Å². The molecule has 3 nitrogen and oxygen atoms in total. The second-order valence-electron chi connectivity index (χ2n) is 6.79. The van der Waals surface area contributed by atoms with E-state index in [0.717, 1.165) is 11.3 Å². The molecular formula is C23H21Cl2NO2. The van der Waals surface area contributed by atoms with E-state index in [2.05, 4.69) is 31.3 Å². The molecule has 0 aliphatic heterocycles. The van der Waals surface area contributed by atoms with Crippen LogP contribution >= 0.6 is 23.2 Å². The molecule has 3 aromatic rings. The minimum Gasteiger partial charge on any atom is -0.489 e. The van der Waals surface area contributed by atoms with Crippen molar-refractivity contribution in [1.29, 1.82) is 0 Å². The van der Waals surface area contributed by atoms with Crippen LogP contribution in [0.5, 0.6) is 5.75 Å². The maximum absolute atomic E-state index is 12.6. The highest BCUT2D eigenvalue weighted by atomic mass is 35.5. The molecule has 0 radical (unpaired) electrons. The van der Waals surface area contributed by atoms with Gasteiger partial charge in [-0.15, -0.1) is 0 Å². The fourth-order valence-electron chi connectivity index (χ4n) is 2.71. The van der Waals surface area contributed by atoms with Crippen LogP contribution in [0.1, 0.15) is 41.3 Å². The molecule has 0 heterocycles. The highest BCUT2D eigenvalue weighted by Gasteiger charge is 2.10. The van der Waals surface area contributed by atoms with Crippen LogP contribution in [0.15, 0.2) is 66.7 Å². The Morgan fingerprint density at radius 2 is 1.75 bits per heavy atom. The average molecular weight is 414 g/mol. The van der Waals surface area contributed by atoms with Gasteiger partial charge in [-0.2, -0.15) is 0 Å². The maximum atomic E-state index is 12.6. The first-order valence-electron chi connectivity index (χ1n) is 9.00. The topological polar surface area (TPSA) is 38.3 Å². The summed E-state index contributed by atoms with van der Waals surface area (Å²) in [4.78, 5) is 12.6. The van der Waals surface area contributed by atoms with Crippen molar-refractivity contribution in [2.24, 2.45) is 0 Å². The van der Waals surface area contributed by atoms with Crippen molar-refractivity contribution < 1.29 is 9.53 Å². The summed E-state index contributed by atoms with van der Waals surface area (Å²) in [6.45, 7) is 4.69. The van der Waals surface area contributed by atoms with Gasteiger partial charge in [-0.05, 0) is 59.5 Å². The first kappa shape index (κ1) is 20.2. The minimum atomic E-state index is -0.257. The van der Waals surface area contributed by atoms with Gasteiger partial charge in [-0.25, -0.2) is 0 Å². The van der Waals surface area contributed by atoms with Crippen LogP contribution in [0.2, 0.25) is 10.0 Å². The normalized spacial score (nSPS) is 10.8. The quantitative estimate of drug-likeness (QED) is 0.474. The Hall–Kier alpha value is -2.49. The first-order valence-corrected chi connectivity index (χ1v) is 9.76. The van der Waals surface area contributed by atoms with E-state index in [4.69, 9.17) is 27.9 Å². The lowest BCUT2D eigenvalue weighted by molar-refractivity contribution is 0.102. The molecular weight excluding hydrogens is 393 g/mol. The van der Waals surface area contributed by atoms with E-state index in [1.54, 1.807) is 30.3 Å². The number of anilines is 1. The van der Waals surface area contributed by atoms with Crippen molar-refractivity contribution in [1.82, 2.24) is 0 Å². The summed E-state index contributed by atoms with van der Waals surface area (Å²) in [5.74, 6) is 1.02. The minimum absolute atomic E-state index is 0.257. The number of amides is 1. The SMILES string of the molecule is CC(C)c1ccc(OCc2cccc(C(=O)Nc3cc(Cl)ccc3Cl)c2)cc1. The Morgan fingerprint density at radius 1 is 1.00 bits per heavy atom. The molecule has 0 atom stereocenters. The molecule has 0 unspecified atom stereocenters. The lowest BCUT2D eigenvalue weighted by Crippen LogP contribution is -2.12. The Bertz CT molecular complexity index is 969. The first-order chi connectivity index (χ1) is 13.4. The second kappa shape index (κ2) is 9.13. The Labute approximate surface area is 175 Å². The zero-order valence-electron chi connectivity index (χ0n) is 15.7.